The van der Waals surface area contributed by atoms with Crippen molar-refractivity contribution in [3.63, 3.8) is 0 Å². The summed E-state index contributed by atoms with van der Waals surface area (Å²) < 4.78 is 0. The monoisotopic (exact) mass is 331 g/mol. The average molecular weight is 332 g/mol. The largest absolute Gasteiger partial charge is 0.376 e. The van der Waals surface area contributed by atoms with Crippen LogP contribution in [0.5, 0.6) is 0 Å². The van der Waals surface area contributed by atoms with Crippen LogP contribution in [-0.2, 0) is 11.2 Å². The predicted molar refractivity (Wildman–Crippen MR) is 91.6 cm³/mol. The van der Waals surface area contributed by atoms with E-state index in [4.69, 9.17) is 17.3 Å². The van der Waals surface area contributed by atoms with Crippen LogP contribution in [0, 0.1) is 0 Å². The third-order valence-electron chi connectivity index (χ3n) is 3.26. The van der Waals surface area contributed by atoms with Crippen molar-refractivity contribution in [3.8, 4) is 0 Å². The molecular weight excluding hydrogens is 314 g/mol. The molecule has 0 aliphatic heterocycles. The minimum atomic E-state index is -0.606. The first-order chi connectivity index (χ1) is 11.1. The summed E-state index contributed by atoms with van der Waals surface area (Å²) in [5, 5.41) is 6.06. The van der Waals surface area contributed by atoms with E-state index in [-0.39, 0.29) is 23.0 Å². The Morgan fingerprint density at radius 2 is 1.83 bits per heavy atom. The zero-order valence-electron chi connectivity index (χ0n) is 12.5. The summed E-state index contributed by atoms with van der Waals surface area (Å²) in [7, 11) is 0. The van der Waals surface area contributed by atoms with Gasteiger partial charge < -0.3 is 16.4 Å². The first-order valence-electron chi connectivity index (χ1n) is 7.20. The lowest BCUT2D eigenvalue weighted by atomic mass is 10.1. The second-order valence-corrected chi connectivity index (χ2v) is 5.41. The van der Waals surface area contributed by atoms with Crippen LogP contribution in [0.3, 0.4) is 0 Å². The molecule has 2 rings (SSSR count). The molecule has 120 valence electrons. The van der Waals surface area contributed by atoms with E-state index in [0.717, 1.165) is 6.42 Å². The fourth-order valence-corrected chi connectivity index (χ4v) is 2.27. The molecular formula is C17H18ClN3O2. The zero-order valence-corrected chi connectivity index (χ0v) is 13.3. The smallest absolute Gasteiger partial charge is 0.250 e. The van der Waals surface area contributed by atoms with E-state index in [9.17, 15) is 9.59 Å². The Morgan fingerprint density at radius 1 is 1.09 bits per heavy atom. The summed E-state index contributed by atoms with van der Waals surface area (Å²) >= 11 is 5.87. The van der Waals surface area contributed by atoms with Gasteiger partial charge in [-0.2, -0.15) is 0 Å². The second-order valence-electron chi connectivity index (χ2n) is 5.00. The van der Waals surface area contributed by atoms with Crippen molar-refractivity contribution in [2.45, 2.75) is 6.42 Å². The van der Waals surface area contributed by atoms with Crippen LogP contribution >= 0.6 is 11.6 Å². The van der Waals surface area contributed by atoms with E-state index < -0.39 is 5.91 Å². The lowest BCUT2D eigenvalue weighted by Crippen LogP contribution is -2.31. The van der Waals surface area contributed by atoms with Crippen LogP contribution in [0.15, 0.2) is 48.5 Å². The van der Waals surface area contributed by atoms with Crippen LogP contribution in [-0.4, -0.2) is 24.9 Å². The predicted octanol–water partition coefficient (Wildman–Crippen LogP) is 2.21. The van der Waals surface area contributed by atoms with Gasteiger partial charge in [-0.05, 0) is 30.2 Å². The highest BCUT2D eigenvalue weighted by molar-refractivity contribution is 6.33. The maximum atomic E-state index is 11.8. The Morgan fingerprint density at radius 3 is 2.52 bits per heavy atom. The highest BCUT2D eigenvalue weighted by Crippen LogP contribution is 2.19. The van der Waals surface area contributed by atoms with E-state index in [2.05, 4.69) is 10.6 Å². The van der Waals surface area contributed by atoms with Crippen molar-refractivity contribution < 1.29 is 9.59 Å². The maximum Gasteiger partial charge on any atom is 0.250 e. The topological polar surface area (TPSA) is 84.2 Å². The molecule has 0 atom stereocenters. The van der Waals surface area contributed by atoms with Crippen molar-refractivity contribution in [2.75, 3.05) is 18.4 Å². The van der Waals surface area contributed by atoms with Gasteiger partial charge in [0.1, 0.15) is 0 Å². The van der Waals surface area contributed by atoms with Crippen LogP contribution in [0.4, 0.5) is 5.69 Å². The van der Waals surface area contributed by atoms with Crippen LogP contribution in [0.25, 0.3) is 0 Å². The first kappa shape index (κ1) is 16.8. The SMILES string of the molecule is NC(=O)c1cc(NCC(=O)NCCc2ccccc2)ccc1Cl. The van der Waals surface area contributed by atoms with Gasteiger partial charge in [-0.3, -0.25) is 9.59 Å². The van der Waals surface area contributed by atoms with Gasteiger partial charge in [-0.1, -0.05) is 41.9 Å². The number of carbonyl (C=O) groups is 2. The first-order valence-corrected chi connectivity index (χ1v) is 7.58. The molecule has 0 saturated heterocycles. The Balaban J connectivity index is 1.78. The van der Waals surface area contributed by atoms with Gasteiger partial charge >= 0.3 is 0 Å². The van der Waals surface area contributed by atoms with E-state index in [1.807, 2.05) is 30.3 Å². The molecule has 0 aliphatic carbocycles. The van der Waals surface area contributed by atoms with E-state index in [0.29, 0.717) is 12.2 Å². The van der Waals surface area contributed by atoms with E-state index in [1.54, 1.807) is 12.1 Å². The summed E-state index contributed by atoms with van der Waals surface area (Å²) in [5.41, 5.74) is 7.24. The number of halogens is 1. The summed E-state index contributed by atoms with van der Waals surface area (Å²) in [6.07, 6.45) is 0.777. The van der Waals surface area contributed by atoms with Gasteiger partial charge in [0.05, 0.1) is 17.1 Å². The van der Waals surface area contributed by atoms with Crippen molar-refractivity contribution in [1.29, 1.82) is 0 Å². The standard InChI is InChI=1S/C17H18ClN3O2/c18-15-7-6-13(10-14(15)17(19)23)21-11-16(22)20-9-8-12-4-2-1-3-5-12/h1-7,10,21H,8-9,11H2,(H2,19,23)(H,20,22). The van der Waals surface area contributed by atoms with Crippen LogP contribution in [0.1, 0.15) is 15.9 Å². The Bertz CT molecular complexity index is 689. The number of hydrogen-bond acceptors (Lipinski definition) is 3. The average Bonchev–Trinajstić information content (AvgIpc) is 2.55. The number of anilines is 1. The van der Waals surface area contributed by atoms with Crippen molar-refractivity contribution in [3.05, 3.63) is 64.7 Å². The third-order valence-corrected chi connectivity index (χ3v) is 3.59. The highest BCUT2D eigenvalue weighted by atomic mass is 35.5. The van der Waals surface area contributed by atoms with Crippen LogP contribution < -0.4 is 16.4 Å². The summed E-state index contributed by atoms with van der Waals surface area (Å²) in [6, 6.07) is 14.7. The molecule has 0 spiro atoms. The number of nitrogens with two attached hydrogens (primary N) is 1. The number of amides is 2. The minimum Gasteiger partial charge on any atom is -0.376 e. The quantitative estimate of drug-likeness (QED) is 0.727. The van der Waals surface area contributed by atoms with Crippen molar-refractivity contribution in [2.24, 2.45) is 5.73 Å². The number of primary amides is 1. The van der Waals surface area contributed by atoms with E-state index in [1.165, 1.54) is 11.6 Å². The number of benzene rings is 2. The number of hydrogen-bond donors (Lipinski definition) is 3. The summed E-state index contributed by atoms with van der Waals surface area (Å²) in [4.78, 5) is 23.0. The normalized spacial score (nSPS) is 10.1. The Kier molecular flexibility index (Phi) is 6.00. The molecule has 4 N–H and O–H groups in total. The fraction of sp³-hybridized carbons (Fsp3) is 0.176. The molecule has 0 fully saturated rings. The molecule has 0 unspecified atom stereocenters. The molecule has 0 aliphatic rings. The van der Waals surface area contributed by atoms with Crippen molar-refractivity contribution in [1.82, 2.24) is 5.32 Å². The molecule has 6 heteroatoms. The molecule has 2 aromatic rings. The summed E-state index contributed by atoms with van der Waals surface area (Å²) in [6.45, 7) is 0.673. The third kappa shape index (κ3) is 5.30. The maximum absolute atomic E-state index is 11.8. The molecule has 0 saturated carbocycles. The van der Waals surface area contributed by atoms with Gasteiger partial charge in [0.15, 0.2) is 0 Å². The summed E-state index contributed by atoms with van der Waals surface area (Å²) in [5.74, 6) is -0.734. The van der Waals surface area contributed by atoms with Gasteiger partial charge in [0, 0.05) is 12.2 Å². The van der Waals surface area contributed by atoms with E-state index >= 15 is 0 Å². The minimum absolute atomic E-state index is 0.106. The molecule has 0 radical (unpaired) electrons. The van der Waals surface area contributed by atoms with Gasteiger partial charge in [0.25, 0.3) is 0 Å². The highest BCUT2D eigenvalue weighted by Gasteiger charge is 2.08. The molecule has 0 heterocycles. The Labute approximate surface area is 139 Å². The Hall–Kier alpha value is -2.53. The molecule has 2 amide bonds. The van der Waals surface area contributed by atoms with Gasteiger partial charge in [-0.25, -0.2) is 0 Å². The lowest BCUT2D eigenvalue weighted by Gasteiger charge is -2.09. The number of carbonyl (C=O) groups excluding carboxylic acids is 2. The molecule has 5 nitrogen and oxygen atoms in total. The van der Waals surface area contributed by atoms with Crippen LogP contribution in [0.2, 0.25) is 5.02 Å². The number of rotatable bonds is 7. The number of nitrogens with one attached hydrogen (secondary N) is 2. The molecule has 23 heavy (non-hydrogen) atoms. The molecule has 0 bridgehead atoms. The second kappa shape index (κ2) is 8.19. The molecule has 2 aromatic carbocycles. The zero-order chi connectivity index (χ0) is 16.7. The fourth-order valence-electron chi connectivity index (χ4n) is 2.06. The van der Waals surface area contributed by atoms with Gasteiger partial charge in [0.2, 0.25) is 11.8 Å². The van der Waals surface area contributed by atoms with Crippen molar-refractivity contribution >= 4 is 29.1 Å². The lowest BCUT2D eigenvalue weighted by molar-refractivity contribution is -0.119. The van der Waals surface area contributed by atoms with Gasteiger partial charge in [-0.15, -0.1) is 0 Å². The molecule has 0 aromatic heterocycles.